The van der Waals surface area contributed by atoms with Gasteiger partial charge in [-0.05, 0) is 17.3 Å². The Hall–Kier alpha value is -1.79. The molecule has 0 radical (unpaired) electrons. The lowest BCUT2D eigenvalue weighted by Crippen LogP contribution is -2.47. The van der Waals surface area contributed by atoms with Crippen LogP contribution in [0.4, 0.5) is 4.79 Å². The van der Waals surface area contributed by atoms with Crippen LogP contribution in [0.15, 0.2) is 0 Å². The van der Waals surface area contributed by atoms with Crippen molar-refractivity contribution in [2.45, 2.75) is 52.6 Å². The number of carbonyl (C=O) groups is 3. The Bertz CT molecular complexity index is 417. The van der Waals surface area contributed by atoms with Gasteiger partial charge in [0.25, 0.3) is 0 Å². The van der Waals surface area contributed by atoms with Crippen LogP contribution in [-0.4, -0.2) is 35.1 Å². The van der Waals surface area contributed by atoms with E-state index in [4.69, 9.17) is 10.8 Å². The third kappa shape index (κ3) is 3.20. The van der Waals surface area contributed by atoms with Crippen molar-refractivity contribution in [1.29, 1.82) is 0 Å². The van der Waals surface area contributed by atoms with Gasteiger partial charge in [-0.3, -0.25) is 4.79 Å². The molecule has 1 aliphatic rings. The van der Waals surface area contributed by atoms with Gasteiger partial charge in [0, 0.05) is 12.5 Å². The molecule has 20 heavy (non-hydrogen) atoms. The minimum atomic E-state index is -1.18. The summed E-state index contributed by atoms with van der Waals surface area (Å²) in [4.78, 5) is 33.5. The van der Waals surface area contributed by atoms with Gasteiger partial charge in [0.1, 0.15) is 6.04 Å². The lowest BCUT2D eigenvalue weighted by atomic mass is 10.0. The number of carbonyl (C=O) groups excluding carboxylic acids is 2. The van der Waals surface area contributed by atoms with Gasteiger partial charge in [0.2, 0.25) is 5.91 Å². The zero-order chi connectivity index (χ0) is 15.7. The van der Waals surface area contributed by atoms with Crippen molar-refractivity contribution in [3.05, 3.63) is 0 Å². The predicted molar refractivity (Wildman–Crippen MR) is 72.9 cm³/mol. The lowest BCUT2D eigenvalue weighted by molar-refractivity contribution is -0.139. The summed E-state index contributed by atoms with van der Waals surface area (Å²) in [7, 11) is 0. The number of carboxylic acid groups (broad SMARTS) is 1. The van der Waals surface area contributed by atoms with E-state index >= 15 is 0 Å². The van der Waals surface area contributed by atoms with Crippen molar-refractivity contribution < 1.29 is 19.5 Å². The van der Waals surface area contributed by atoms with Gasteiger partial charge in [-0.25, -0.2) is 9.59 Å². The molecule has 0 saturated heterocycles. The van der Waals surface area contributed by atoms with Gasteiger partial charge in [-0.1, -0.05) is 27.7 Å². The number of amides is 3. The minimum Gasteiger partial charge on any atom is -0.480 e. The largest absolute Gasteiger partial charge is 0.480 e. The number of carboxylic acids is 1. The second-order valence-electron chi connectivity index (χ2n) is 6.39. The van der Waals surface area contributed by atoms with Crippen molar-refractivity contribution >= 4 is 17.9 Å². The third-order valence-corrected chi connectivity index (χ3v) is 4.58. The third-order valence-electron chi connectivity index (χ3n) is 4.58. The van der Waals surface area contributed by atoms with Crippen LogP contribution >= 0.6 is 0 Å². The second kappa shape index (κ2) is 5.30. The maximum atomic E-state index is 11.8. The Kier molecular flexibility index (Phi) is 4.31. The molecule has 0 bridgehead atoms. The number of urea groups is 1. The van der Waals surface area contributed by atoms with E-state index in [2.05, 4.69) is 10.6 Å². The van der Waals surface area contributed by atoms with Gasteiger partial charge in [0.15, 0.2) is 0 Å². The molecule has 7 heteroatoms. The van der Waals surface area contributed by atoms with Crippen LogP contribution in [0.5, 0.6) is 0 Å². The minimum absolute atomic E-state index is 0.0133. The Labute approximate surface area is 118 Å². The summed E-state index contributed by atoms with van der Waals surface area (Å²) in [6, 6.07) is -1.67. The van der Waals surface area contributed by atoms with Crippen LogP contribution in [-0.2, 0) is 9.59 Å². The van der Waals surface area contributed by atoms with Crippen molar-refractivity contribution in [3.8, 4) is 0 Å². The van der Waals surface area contributed by atoms with Crippen LogP contribution in [0.1, 0.15) is 40.5 Å². The summed E-state index contributed by atoms with van der Waals surface area (Å²) >= 11 is 0. The van der Waals surface area contributed by atoms with Gasteiger partial charge in [-0.15, -0.1) is 0 Å². The van der Waals surface area contributed by atoms with Gasteiger partial charge < -0.3 is 21.5 Å². The van der Waals surface area contributed by atoms with Gasteiger partial charge >= 0.3 is 12.0 Å². The summed E-state index contributed by atoms with van der Waals surface area (Å²) in [6.07, 6.45) is -0.104. The van der Waals surface area contributed by atoms with E-state index in [0.717, 1.165) is 0 Å². The molecule has 0 unspecified atom stereocenters. The van der Waals surface area contributed by atoms with E-state index in [0.29, 0.717) is 0 Å². The summed E-state index contributed by atoms with van der Waals surface area (Å²) in [6.45, 7) is 8.17. The highest BCUT2D eigenvalue weighted by molar-refractivity contribution is 5.83. The Morgan fingerprint density at radius 1 is 1.20 bits per heavy atom. The molecular formula is C13H23N3O4. The van der Waals surface area contributed by atoms with Crippen LogP contribution in [0.2, 0.25) is 0 Å². The number of aliphatic carboxylic acids is 1. The van der Waals surface area contributed by atoms with E-state index in [-0.39, 0.29) is 29.7 Å². The Morgan fingerprint density at radius 2 is 1.70 bits per heavy atom. The second-order valence-corrected chi connectivity index (χ2v) is 6.39. The first-order chi connectivity index (χ1) is 9.00. The highest BCUT2D eigenvalue weighted by Crippen LogP contribution is 2.62. The molecule has 0 aromatic carbocycles. The molecule has 1 atom stereocenters. The molecule has 1 saturated carbocycles. The summed E-state index contributed by atoms with van der Waals surface area (Å²) in [5.41, 5.74) is 4.91. The molecule has 3 amide bonds. The molecular weight excluding hydrogens is 262 g/mol. The smallest absolute Gasteiger partial charge is 0.326 e. The Balaban J connectivity index is 2.52. The van der Waals surface area contributed by atoms with Crippen molar-refractivity contribution in [2.75, 3.05) is 0 Å². The molecule has 1 rings (SSSR count). The first kappa shape index (κ1) is 16.3. The zero-order valence-electron chi connectivity index (χ0n) is 12.3. The summed E-state index contributed by atoms with van der Waals surface area (Å²) in [5.74, 6) is -1.78. The number of hydrogen-bond acceptors (Lipinski definition) is 3. The van der Waals surface area contributed by atoms with Crippen molar-refractivity contribution in [3.63, 3.8) is 0 Å². The molecule has 5 N–H and O–H groups in total. The first-order valence-electron chi connectivity index (χ1n) is 6.58. The van der Waals surface area contributed by atoms with Crippen LogP contribution in [0.3, 0.4) is 0 Å². The number of nitrogens with two attached hydrogens (primary N) is 1. The quantitative estimate of drug-likeness (QED) is 0.565. The number of rotatable bonds is 6. The molecule has 1 fully saturated rings. The highest BCUT2D eigenvalue weighted by Gasteiger charge is 2.65. The standard InChI is InChI=1S/C13H23N3O4/c1-12(2)10(13(12,3)4)16-11(20)15-7(9(18)19)5-6-8(14)17/h7,10H,5-6H2,1-4H3,(H2,14,17)(H,18,19)(H2,15,16,20)/t7-/m1/s1. The molecule has 0 aromatic heterocycles. The average molecular weight is 285 g/mol. The van der Waals surface area contributed by atoms with Crippen molar-refractivity contribution in [2.24, 2.45) is 16.6 Å². The fourth-order valence-electron chi connectivity index (χ4n) is 2.43. The molecule has 0 aromatic rings. The maximum Gasteiger partial charge on any atom is 0.326 e. The lowest BCUT2D eigenvalue weighted by Gasteiger charge is -2.15. The predicted octanol–water partition coefficient (Wildman–Crippen LogP) is 0.439. The monoisotopic (exact) mass is 285 g/mol. The molecule has 1 aliphatic carbocycles. The van der Waals surface area contributed by atoms with E-state index < -0.39 is 23.9 Å². The van der Waals surface area contributed by atoms with Crippen LogP contribution in [0, 0.1) is 10.8 Å². The SMILES string of the molecule is CC1(C)C(NC(=O)N[C@H](CCC(N)=O)C(=O)O)C1(C)C. The number of nitrogens with one attached hydrogen (secondary N) is 2. The Morgan fingerprint density at radius 3 is 2.05 bits per heavy atom. The topological polar surface area (TPSA) is 122 Å². The van der Waals surface area contributed by atoms with E-state index in [9.17, 15) is 14.4 Å². The highest BCUT2D eigenvalue weighted by atomic mass is 16.4. The molecule has 0 spiro atoms. The van der Waals surface area contributed by atoms with E-state index in [1.54, 1.807) is 0 Å². The fraction of sp³-hybridized carbons (Fsp3) is 0.769. The van der Waals surface area contributed by atoms with Gasteiger partial charge in [0.05, 0.1) is 0 Å². The maximum absolute atomic E-state index is 11.8. The van der Waals surface area contributed by atoms with Gasteiger partial charge in [-0.2, -0.15) is 0 Å². The van der Waals surface area contributed by atoms with Crippen LogP contribution in [0.25, 0.3) is 0 Å². The van der Waals surface area contributed by atoms with Crippen molar-refractivity contribution in [1.82, 2.24) is 10.6 Å². The van der Waals surface area contributed by atoms with Crippen LogP contribution < -0.4 is 16.4 Å². The molecule has 0 aliphatic heterocycles. The number of hydrogen-bond donors (Lipinski definition) is 4. The molecule has 0 heterocycles. The fourth-order valence-corrected chi connectivity index (χ4v) is 2.43. The molecule has 7 nitrogen and oxygen atoms in total. The summed E-state index contributed by atoms with van der Waals surface area (Å²) in [5, 5.41) is 14.1. The first-order valence-corrected chi connectivity index (χ1v) is 6.58. The van der Waals surface area contributed by atoms with E-state index in [1.165, 1.54) is 0 Å². The average Bonchev–Trinajstić information content (AvgIpc) is 2.66. The van der Waals surface area contributed by atoms with E-state index in [1.807, 2.05) is 27.7 Å². The molecule has 114 valence electrons. The summed E-state index contributed by atoms with van der Waals surface area (Å²) < 4.78 is 0. The normalized spacial score (nSPS) is 20.8. The number of primary amides is 1. The zero-order valence-corrected chi connectivity index (χ0v) is 12.3.